The highest BCUT2D eigenvalue weighted by Crippen LogP contribution is 2.30. The minimum atomic E-state index is -0.0995. The molecule has 0 aliphatic heterocycles. The lowest BCUT2D eigenvalue weighted by Crippen LogP contribution is -2.11. The van der Waals surface area contributed by atoms with Crippen molar-refractivity contribution in [2.75, 3.05) is 5.32 Å². The van der Waals surface area contributed by atoms with Gasteiger partial charge in [-0.25, -0.2) is 0 Å². The molecule has 0 radical (unpaired) electrons. The first kappa shape index (κ1) is 17.5. The van der Waals surface area contributed by atoms with E-state index < -0.39 is 0 Å². The second kappa shape index (κ2) is 7.77. The van der Waals surface area contributed by atoms with Crippen LogP contribution in [-0.4, -0.2) is 20.7 Å². The van der Waals surface area contributed by atoms with Crippen LogP contribution in [-0.2, 0) is 7.05 Å². The summed E-state index contributed by atoms with van der Waals surface area (Å²) in [4.78, 5) is 14.5. The maximum Gasteiger partial charge on any atom is 0.266 e. The molecule has 0 aliphatic rings. The summed E-state index contributed by atoms with van der Waals surface area (Å²) in [5.41, 5.74) is 2.75. The summed E-state index contributed by atoms with van der Waals surface area (Å²) in [6.07, 6.45) is 1.67. The van der Waals surface area contributed by atoms with E-state index in [1.807, 2.05) is 77.7 Å². The Balaban J connectivity index is 1.48. The van der Waals surface area contributed by atoms with Crippen LogP contribution in [0.15, 0.2) is 82.4 Å². The fourth-order valence-corrected chi connectivity index (χ4v) is 4.17. The van der Waals surface area contributed by atoms with Crippen molar-refractivity contribution in [2.45, 2.75) is 10.1 Å². The van der Waals surface area contributed by atoms with E-state index in [2.05, 4.69) is 15.5 Å². The standard InChI is InChI=1S/C20H16N4OS2/c1-24-13-21-23-20(24)27-16-9-7-15(8-10-16)22-19(25)18-17(11-12-26-18)14-5-3-2-4-6-14/h2-13H,1H3,(H,22,25). The third-order valence-electron chi connectivity index (χ3n) is 3.95. The fourth-order valence-electron chi connectivity index (χ4n) is 2.59. The molecule has 2 aromatic heterocycles. The van der Waals surface area contributed by atoms with E-state index in [4.69, 9.17) is 0 Å². The maximum atomic E-state index is 12.7. The Morgan fingerprint density at radius 2 is 1.85 bits per heavy atom. The number of benzene rings is 2. The molecule has 2 aromatic carbocycles. The monoisotopic (exact) mass is 392 g/mol. The quantitative estimate of drug-likeness (QED) is 0.522. The Hall–Kier alpha value is -2.90. The zero-order valence-corrected chi connectivity index (χ0v) is 16.1. The molecular weight excluding hydrogens is 376 g/mol. The van der Waals surface area contributed by atoms with Crippen LogP contribution in [0.1, 0.15) is 9.67 Å². The summed E-state index contributed by atoms with van der Waals surface area (Å²) in [5.74, 6) is -0.0995. The van der Waals surface area contributed by atoms with Gasteiger partial charge in [0, 0.05) is 23.2 Å². The molecule has 0 aliphatic carbocycles. The number of carbonyl (C=O) groups excluding carboxylic acids is 1. The smallest absolute Gasteiger partial charge is 0.266 e. The molecule has 1 amide bonds. The number of aromatic nitrogens is 3. The Bertz CT molecular complexity index is 1060. The van der Waals surface area contributed by atoms with Crippen molar-refractivity contribution in [3.63, 3.8) is 0 Å². The normalized spacial score (nSPS) is 10.7. The van der Waals surface area contributed by atoms with E-state index in [1.54, 1.807) is 6.33 Å². The first-order valence-electron chi connectivity index (χ1n) is 8.27. The number of amides is 1. The number of aryl methyl sites for hydroxylation is 1. The van der Waals surface area contributed by atoms with Gasteiger partial charge in [0.05, 0.1) is 4.88 Å². The Kier molecular flexibility index (Phi) is 5.04. The lowest BCUT2D eigenvalue weighted by Gasteiger charge is -2.07. The summed E-state index contributed by atoms with van der Waals surface area (Å²) in [6, 6.07) is 19.6. The van der Waals surface area contributed by atoms with Gasteiger partial charge in [-0.3, -0.25) is 4.79 Å². The topological polar surface area (TPSA) is 59.8 Å². The molecule has 27 heavy (non-hydrogen) atoms. The zero-order chi connectivity index (χ0) is 18.6. The molecule has 0 saturated heterocycles. The maximum absolute atomic E-state index is 12.7. The fraction of sp³-hybridized carbons (Fsp3) is 0.0500. The molecule has 0 unspecified atom stereocenters. The van der Waals surface area contributed by atoms with Gasteiger partial charge in [0.1, 0.15) is 6.33 Å². The van der Waals surface area contributed by atoms with Crippen LogP contribution < -0.4 is 5.32 Å². The van der Waals surface area contributed by atoms with Crippen molar-refractivity contribution in [2.24, 2.45) is 7.05 Å². The van der Waals surface area contributed by atoms with Crippen molar-refractivity contribution in [1.29, 1.82) is 0 Å². The van der Waals surface area contributed by atoms with Gasteiger partial charge in [0.25, 0.3) is 5.91 Å². The van der Waals surface area contributed by atoms with Crippen molar-refractivity contribution in [3.05, 3.63) is 77.2 Å². The van der Waals surface area contributed by atoms with E-state index in [-0.39, 0.29) is 5.91 Å². The van der Waals surface area contributed by atoms with Gasteiger partial charge in [-0.15, -0.1) is 21.5 Å². The number of hydrogen-bond acceptors (Lipinski definition) is 5. The van der Waals surface area contributed by atoms with E-state index in [9.17, 15) is 4.79 Å². The predicted molar refractivity (Wildman–Crippen MR) is 109 cm³/mol. The summed E-state index contributed by atoms with van der Waals surface area (Å²) < 4.78 is 1.86. The summed E-state index contributed by atoms with van der Waals surface area (Å²) >= 11 is 2.97. The third kappa shape index (κ3) is 3.94. The van der Waals surface area contributed by atoms with Crippen molar-refractivity contribution < 1.29 is 4.79 Å². The Labute approximate surface area is 165 Å². The van der Waals surface area contributed by atoms with Gasteiger partial charge in [-0.1, -0.05) is 30.3 Å². The van der Waals surface area contributed by atoms with Crippen LogP contribution in [0.5, 0.6) is 0 Å². The first-order valence-corrected chi connectivity index (χ1v) is 9.96. The van der Waals surface area contributed by atoms with Crippen molar-refractivity contribution in [3.8, 4) is 11.1 Å². The summed E-state index contributed by atoms with van der Waals surface area (Å²) in [7, 11) is 1.91. The van der Waals surface area contributed by atoms with Gasteiger partial charge < -0.3 is 9.88 Å². The third-order valence-corrected chi connectivity index (χ3v) is 5.92. The largest absolute Gasteiger partial charge is 0.321 e. The Morgan fingerprint density at radius 1 is 1.07 bits per heavy atom. The molecule has 7 heteroatoms. The van der Waals surface area contributed by atoms with E-state index in [1.165, 1.54) is 23.1 Å². The average Bonchev–Trinajstić information content (AvgIpc) is 3.34. The lowest BCUT2D eigenvalue weighted by molar-refractivity contribution is 0.103. The first-order chi connectivity index (χ1) is 13.2. The van der Waals surface area contributed by atoms with E-state index in [0.29, 0.717) is 4.88 Å². The molecule has 4 aromatic rings. The second-order valence-electron chi connectivity index (χ2n) is 5.83. The van der Waals surface area contributed by atoms with Crippen molar-refractivity contribution >= 4 is 34.7 Å². The van der Waals surface area contributed by atoms with Gasteiger partial charge >= 0.3 is 0 Å². The molecule has 134 valence electrons. The zero-order valence-electron chi connectivity index (χ0n) is 14.5. The highest BCUT2D eigenvalue weighted by atomic mass is 32.2. The molecule has 0 atom stereocenters. The molecule has 1 N–H and O–H groups in total. The van der Waals surface area contributed by atoms with Crippen molar-refractivity contribution in [1.82, 2.24) is 14.8 Å². The van der Waals surface area contributed by atoms with Crippen LogP contribution in [0.2, 0.25) is 0 Å². The highest BCUT2D eigenvalue weighted by molar-refractivity contribution is 7.99. The molecular formula is C20H16N4OS2. The van der Waals surface area contributed by atoms with E-state index >= 15 is 0 Å². The predicted octanol–water partition coefficient (Wildman–Crippen LogP) is 4.95. The second-order valence-corrected chi connectivity index (χ2v) is 7.79. The van der Waals surface area contributed by atoms with Crippen LogP contribution in [0, 0.1) is 0 Å². The molecule has 0 fully saturated rings. The number of hydrogen-bond donors (Lipinski definition) is 1. The van der Waals surface area contributed by atoms with Crippen LogP contribution >= 0.6 is 23.1 Å². The van der Waals surface area contributed by atoms with E-state index in [0.717, 1.165) is 26.9 Å². The van der Waals surface area contributed by atoms with Gasteiger partial charge in [0.2, 0.25) is 0 Å². The van der Waals surface area contributed by atoms with Gasteiger partial charge in [0.15, 0.2) is 5.16 Å². The highest BCUT2D eigenvalue weighted by Gasteiger charge is 2.15. The SMILES string of the molecule is Cn1cnnc1Sc1ccc(NC(=O)c2sccc2-c2ccccc2)cc1. The molecule has 0 spiro atoms. The molecule has 0 saturated carbocycles. The number of thiophene rings is 1. The summed E-state index contributed by atoms with van der Waals surface area (Å²) in [6.45, 7) is 0. The number of anilines is 1. The minimum Gasteiger partial charge on any atom is -0.321 e. The van der Waals surface area contributed by atoms with Crippen LogP contribution in [0.3, 0.4) is 0 Å². The van der Waals surface area contributed by atoms with Crippen LogP contribution in [0.25, 0.3) is 11.1 Å². The lowest BCUT2D eigenvalue weighted by atomic mass is 10.1. The van der Waals surface area contributed by atoms with Crippen LogP contribution in [0.4, 0.5) is 5.69 Å². The van der Waals surface area contributed by atoms with Gasteiger partial charge in [-0.2, -0.15) is 0 Å². The molecule has 0 bridgehead atoms. The number of rotatable bonds is 5. The minimum absolute atomic E-state index is 0.0995. The molecule has 5 nitrogen and oxygen atoms in total. The molecule has 2 heterocycles. The summed E-state index contributed by atoms with van der Waals surface area (Å²) in [5, 5.41) is 13.7. The molecule has 4 rings (SSSR count). The average molecular weight is 393 g/mol. The Morgan fingerprint density at radius 3 is 2.56 bits per heavy atom. The number of nitrogens with one attached hydrogen (secondary N) is 1. The van der Waals surface area contributed by atoms with Gasteiger partial charge in [-0.05, 0) is 53.0 Å². The number of nitrogens with zero attached hydrogens (tertiary/aromatic N) is 3. The number of carbonyl (C=O) groups is 1.